The molecule has 1 aliphatic heterocycles. The molecule has 2 aromatic carbocycles. The largest absolute Gasteiger partial charge is 0.308 e. The molecule has 3 rings (SSSR count). The number of aryl methyl sites for hydroxylation is 1. The van der Waals surface area contributed by atoms with Crippen molar-refractivity contribution >= 4 is 43.2 Å². The molecule has 1 aliphatic rings. The maximum absolute atomic E-state index is 13.1. The summed E-state index contributed by atoms with van der Waals surface area (Å²) in [6, 6.07) is 10.6. The number of anilines is 2. The minimum Gasteiger partial charge on any atom is -0.308 e. The maximum atomic E-state index is 13.1. The van der Waals surface area contributed by atoms with Crippen LogP contribution in [-0.2, 0) is 27.7 Å². The van der Waals surface area contributed by atoms with Crippen LogP contribution in [0.5, 0.6) is 0 Å². The van der Waals surface area contributed by atoms with Crippen molar-refractivity contribution in [1.82, 2.24) is 0 Å². The molecule has 0 fully saturated rings. The van der Waals surface area contributed by atoms with Gasteiger partial charge >= 0.3 is 0 Å². The van der Waals surface area contributed by atoms with Crippen molar-refractivity contribution in [3.63, 3.8) is 0 Å². The topological polar surface area (TPSA) is 66.5 Å². The molecule has 26 heavy (non-hydrogen) atoms. The molecule has 1 heterocycles. The van der Waals surface area contributed by atoms with E-state index in [1.165, 1.54) is 6.92 Å². The molecular formula is C19H21BrN2O3S. The molecule has 0 saturated carbocycles. The van der Waals surface area contributed by atoms with Gasteiger partial charge in [0, 0.05) is 23.1 Å². The molecular weight excluding hydrogens is 416 g/mol. The van der Waals surface area contributed by atoms with Gasteiger partial charge in [0.15, 0.2) is 0 Å². The highest BCUT2D eigenvalue weighted by molar-refractivity contribution is 9.10. The van der Waals surface area contributed by atoms with E-state index in [-0.39, 0.29) is 16.8 Å². The maximum Gasteiger partial charge on any atom is 0.264 e. The summed E-state index contributed by atoms with van der Waals surface area (Å²) in [5.41, 5.74) is 2.96. The summed E-state index contributed by atoms with van der Waals surface area (Å²) in [4.78, 5) is 13.8. The Kier molecular flexibility index (Phi) is 5.12. The van der Waals surface area contributed by atoms with E-state index in [9.17, 15) is 13.2 Å². The predicted molar refractivity (Wildman–Crippen MR) is 107 cm³/mol. The third-order valence-electron chi connectivity index (χ3n) is 4.56. The molecule has 0 bridgehead atoms. The summed E-state index contributed by atoms with van der Waals surface area (Å²) in [5.74, 6) is -0.165. The SMILES string of the molecule is CCc1ccc(NS(=O)(=O)c2cc(Br)cc3c2N(C(C)=O)[C@H](C)C3)cc1. The van der Waals surface area contributed by atoms with Crippen LogP contribution in [0.1, 0.15) is 31.9 Å². The standard InChI is InChI=1S/C19H21BrN2O3S/c1-4-14-5-7-17(8-6-14)21-26(24,25)18-11-16(20)10-15-9-12(2)22(13(3)23)19(15)18/h5-8,10-12,21H,4,9H2,1-3H3/t12-/m1/s1. The molecule has 1 atom stereocenters. The van der Waals surface area contributed by atoms with Gasteiger partial charge in [-0.05, 0) is 55.2 Å². The summed E-state index contributed by atoms with van der Waals surface area (Å²) >= 11 is 3.39. The van der Waals surface area contributed by atoms with Gasteiger partial charge < -0.3 is 4.90 Å². The van der Waals surface area contributed by atoms with Crippen molar-refractivity contribution in [2.45, 2.75) is 44.6 Å². The lowest BCUT2D eigenvalue weighted by Crippen LogP contribution is -2.34. The zero-order valence-corrected chi connectivity index (χ0v) is 17.3. The summed E-state index contributed by atoms with van der Waals surface area (Å²) in [7, 11) is -3.84. The second-order valence-corrected chi connectivity index (χ2v) is 9.08. The van der Waals surface area contributed by atoms with E-state index >= 15 is 0 Å². The highest BCUT2D eigenvalue weighted by Crippen LogP contribution is 2.40. The smallest absolute Gasteiger partial charge is 0.264 e. The van der Waals surface area contributed by atoms with Crippen LogP contribution in [0.2, 0.25) is 0 Å². The normalized spacial score (nSPS) is 16.5. The number of halogens is 1. The lowest BCUT2D eigenvalue weighted by molar-refractivity contribution is -0.116. The summed E-state index contributed by atoms with van der Waals surface area (Å²) in [6.45, 7) is 5.42. The first kappa shape index (κ1) is 18.9. The Balaban J connectivity index is 2.06. The fraction of sp³-hybridized carbons (Fsp3) is 0.316. The van der Waals surface area contributed by atoms with Crippen molar-refractivity contribution < 1.29 is 13.2 Å². The Morgan fingerprint density at radius 3 is 2.50 bits per heavy atom. The molecule has 0 saturated heterocycles. The van der Waals surface area contributed by atoms with Crippen LogP contribution in [0.25, 0.3) is 0 Å². The monoisotopic (exact) mass is 436 g/mol. The van der Waals surface area contributed by atoms with E-state index < -0.39 is 10.0 Å². The Labute approximate surface area is 162 Å². The summed E-state index contributed by atoms with van der Waals surface area (Å²) in [5, 5.41) is 0. The molecule has 0 radical (unpaired) electrons. The minimum absolute atomic E-state index is 0.0745. The number of carbonyl (C=O) groups excluding carboxylic acids is 1. The molecule has 0 unspecified atom stereocenters. The molecule has 0 aromatic heterocycles. The Hall–Kier alpha value is -1.86. The Bertz CT molecular complexity index is 955. The van der Waals surface area contributed by atoms with Gasteiger partial charge in [-0.25, -0.2) is 8.42 Å². The van der Waals surface area contributed by atoms with Gasteiger partial charge in [-0.1, -0.05) is 35.0 Å². The number of benzene rings is 2. The van der Waals surface area contributed by atoms with E-state index in [0.29, 0.717) is 22.3 Å². The summed E-state index contributed by atoms with van der Waals surface area (Å²) < 4.78 is 29.5. The predicted octanol–water partition coefficient (Wildman–Crippen LogP) is 4.11. The number of sulfonamides is 1. The van der Waals surface area contributed by atoms with Gasteiger partial charge in [-0.2, -0.15) is 0 Å². The number of fused-ring (bicyclic) bond motifs is 1. The quantitative estimate of drug-likeness (QED) is 0.783. The van der Waals surface area contributed by atoms with Crippen LogP contribution in [-0.4, -0.2) is 20.4 Å². The Morgan fingerprint density at radius 2 is 1.92 bits per heavy atom. The zero-order valence-electron chi connectivity index (χ0n) is 14.9. The van der Waals surface area contributed by atoms with Crippen molar-refractivity contribution in [3.05, 3.63) is 52.0 Å². The second-order valence-electron chi connectivity index (χ2n) is 6.51. The minimum atomic E-state index is -3.84. The van der Waals surface area contributed by atoms with Crippen LogP contribution in [0.3, 0.4) is 0 Å². The van der Waals surface area contributed by atoms with Crippen LogP contribution >= 0.6 is 15.9 Å². The second kappa shape index (κ2) is 7.04. The fourth-order valence-corrected chi connectivity index (χ4v) is 5.36. The van der Waals surface area contributed by atoms with E-state index in [1.807, 2.05) is 32.0 Å². The average Bonchev–Trinajstić information content (AvgIpc) is 2.90. The third kappa shape index (κ3) is 3.50. The third-order valence-corrected chi connectivity index (χ3v) is 6.41. The first-order valence-electron chi connectivity index (χ1n) is 8.47. The van der Waals surface area contributed by atoms with Crippen LogP contribution < -0.4 is 9.62 Å². The fourth-order valence-electron chi connectivity index (χ4n) is 3.38. The van der Waals surface area contributed by atoms with Gasteiger partial charge in [0.05, 0.1) is 5.69 Å². The molecule has 1 amide bonds. The van der Waals surface area contributed by atoms with E-state index in [1.54, 1.807) is 23.1 Å². The van der Waals surface area contributed by atoms with Gasteiger partial charge in [-0.15, -0.1) is 0 Å². The Morgan fingerprint density at radius 1 is 1.27 bits per heavy atom. The molecule has 0 spiro atoms. The number of rotatable bonds is 4. The van der Waals surface area contributed by atoms with E-state index in [0.717, 1.165) is 17.5 Å². The molecule has 5 nitrogen and oxygen atoms in total. The van der Waals surface area contributed by atoms with Crippen LogP contribution in [0.4, 0.5) is 11.4 Å². The number of amides is 1. The number of nitrogens with one attached hydrogen (secondary N) is 1. The van der Waals surface area contributed by atoms with Crippen molar-refractivity contribution in [2.75, 3.05) is 9.62 Å². The average molecular weight is 437 g/mol. The lowest BCUT2D eigenvalue weighted by Gasteiger charge is -2.23. The van der Waals surface area contributed by atoms with Gasteiger partial charge in [0.25, 0.3) is 10.0 Å². The number of nitrogens with zero attached hydrogens (tertiary/aromatic N) is 1. The molecule has 1 N–H and O–H groups in total. The van der Waals surface area contributed by atoms with E-state index in [4.69, 9.17) is 0 Å². The molecule has 138 valence electrons. The van der Waals surface area contributed by atoms with E-state index in [2.05, 4.69) is 20.7 Å². The number of hydrogen-bond acceptors (Lipinski definition) is 3. The van der Waals surface area contributed by atoms with Gasteiger partial charge in [0.1, 0.15) is 4.90 Å². The highest BCUT2D eigenvalue weighted by Gasteiger charge is 2.35. The van der Waals surface area contributed by atoms with Crippen molar-refractivity contribution in [2.24, 2.45) is 0 Å². The first-order chi connectivity index (χ1) is 12.2. The van der Waals surface area contributed by atoms with Crippen molar-refractivity contribution in [1.29, 1.82) is 0 Å². The molecule has 0 aliphatic carbocycles. The lowest BCUT2D eigenvalue weighted by atomic mass is 10.1. The first-order valence-corrected chi connectivity index (χ1v) is 10.7. The van der Waals surface area contributed by atoms with Crippen molar-refractivity contribution in [3.8, 4) is 0 Å². The van der Waals surface area contributed by atoms with Gasteiger partial charge in [0.2, 0.25) is 5.91 Å². The number of hydrogen-bond donors (Lipinski definition) is 1. The summed E-state index contributed by atoms with van der Waals surface area (Å²) in [6.07, 6.45) is 1.51. The molecule has 7 heteroatoms. The number of carbonyl (C=O) groups is 1. The highest BCUT2D eigenvalue weighted by atomic mass is 79.9. The van der Waals surface area contributed by atoms with Crippen LogP contribution in [0, 0.1) is 0 Å². The van der Waals surface area contributed by atoms with Gasteiger partial charge in [-0.3, -0.25) is 9.52 Å². The molecule has 2 aromatic rings. The van der Waals surface area contributed by atoms with Crippen LogP contribution in [0.15, 0.2) is 45.8 Å². The zero-order chi connectivity index (χ0) is 19.1.